The first-order valence-electron chi connectivity index (χ1n) is 14.7. The van der Waals surface area contributed by atoms with Gasteiger partial charge in [0, 0.05) is 6.42 Å². The summed E-state index contributed by atoms with van der Waals surface area (Å²) in [6, 6.07) is 0. The van der Waals surface area contributed by atoms with E-state index in [0.29, 0.717) is 25.7 Å². The van der Waals surface area contributed by atoms with Gasteiger partial charge in [-0.2, -0.15) is 0 Å². The molecular formula is C30H47NO8. The number of aliphatic hydroxyl groups excluding tert-OH is 3. The molecule has 0 saturated heterocycles. The van der Waals surface area contributed by atoms with Crippen LogP contribution in [0.25, 0.3) is 0 Å². The van der Waals surface area contributed by atoms with Crippen LogP contribution in [0, 0.1) is 51.8 Å². The molecule has 1 amide bonds. The first-order chi connectivity index (χ1) is 18.1. The van der Waals surface area contributed by atoms with Crippen molar-refractivity contribution in [2.75, 3.05) is 6.54 Å². The summed E-state index contributed by atoms with van der Waals surface area (Å²) >= 11 is 0. The summed E-state index contributed by atoms with van der Waals surface area (Å²) in [4.78, 5) is 49.6. The number of carboxylic acids is 1. The lowest BCUT2D eigenvalue weighted by atomic mass is 9.36. The maximum Gasteiger partial charge on any atom is 0.322 e. The predicted octanol–water partition coefficient (Wildman–Crippen LogP) is 2.34. The van der Waals surface area contributed by atoms with Gasteiger partial charge < -0.3 is 25.7 Å². The molecule has 0 radical (unpaired) electrons. The smallest absolute Gasteiger partial charge is 0.322 e. The second-order valence-electron chi connectivity index (χ2n) is 13.7. The quantitative estimate of drug-likeness (QED) is 0.288. The molecule has 4 aliphatic carbocycles. The average molecular weight is 550 g/mol. The fraction of sp³-hybridized carbons (Fsp3) is 0.867. The van der Waals surface area contributed by atoms with Crippen LogP contribution < -0.4 is 5.32 Å². The summed E-state index contributed by atoms with van der Waals surface area (Å²) < 4.78 is 0. The molecule has 0 aliphatic heterocycles. The van der Waals surface area contributed by atoms with Gasteiger partial charge in [0.1, 0.15) is 18.1 Å². The van der Waals surface area contributed by atoms with Gasteiger partial charge in [-0.1, -0.05) is 20.8 Å². The Bertz CT molecular complexity index is 999. The van der Waals surface area contributed by atoms with Crippen molar-refractivity contribution in [3.63, 3.8) is 0 Å². The number of carboxylic acid groups (broad SMARTS) is 1. The third kappa shape index (κ3) is 4.47. The number of aliphatic hydroxyl groups is 3. The Morgan fingerprint density at radius 2 is 1.59 bits per heavy atom. The number of rotatable bonds is 8. The van der Waals surface area contributed by atoms with Crippen LogP contribution in [0.4, 0.5) is 0 Å². The Morgan fingerprint density at radius 1 is 0.949 bits per heavy atom. The molecule has 39 heavy (non-hydrogen) atoms. The van der Waals surface area contributed by atoms with Crippen molar-refractivity contribution in [3.8, 4) is 0 Å². The van der Waals surface area contributed by atoms with E-state index in [2.05, 4.69) is 19.2 Å². The standard InChI is InChI=1S/C30H47NO8/c1-15(6-9-25(37)31-14-26(38)39)20-7-8-21-27-22(12-24(36)28(20,21)4)29(5)18(11-23(27)35)10-19(34)13-30(29,16(2)32)17(3)33/h15,18-24,27,34-36H,6-14H2,1-5H3,(H,31,37)(H,38,39)/t15-,18?,19+,20-,21+,22+,23-,24+,27+,28-,29+/m1/s1. The monoisotopic (exact) mass is 549 g/mol. The number of amides is 1. The molecule has 5 N–H and O–H groups in total. The summed E-state index contributed by atoms with van der Waals surface area (Å²) in [5, 5.41) is 45.5. The van der Waals surface area contributed by atoms with Gasteiger partial charge in [-0.3, -0.25) is 19.2 Å². The molecule has 9 nitrogen and oxygen atoms in total. The molecule has 9 heteroatoms. The molecule has 0 heterocycles. The summed E-state index contributed by atoms with van der Waals surface area (Å²) in [7, 11) is 0. The highest BCUT2D eigenvalue weighted by Gasteiger charge is 2.72. The van der Waals surface area contributed by atoms with Crippen molar-refractivity contribution in [1.82, 2.24) is 5.32 Å². The molecule has 0 aromatic heterocycles. The van der Waals surface area contributed by atoms with Crippen LogP contribution in [0.1, 0.15) is 86.0 Å². The molecule has 4 saturated carbocycles. The minimum Gasteiger partial charge on any atom is -0.480 e. The number of ketones is 2. The van der Waals surface area contributed by atoms with E-state index in [9.17, 15) is 34.5 Å². The Morgan fingerprint density at radius 3 is 2.18 bits per heavy atom. The SMILES string of the molecule is CC(=O)C1(C(C)=O)C[C@@H](O)CC2C[C@@H](O)[C@H]3[C@@H]4CC[C@H]([C@H](C)CCC(=O)NCC(=O)O)[C@@]4(C)[C@@H](O)C[C@@H]3[C@]21C. The van der Waals surface area contributed by atoms with Crippen molar-refractivity contribution in [2.45, 2.75) is 104 Å². The summed E-state index contributed by atoms with van der Waals surface area (Å²) in [6.07, 6.45) is 1.60. The maximum atomic E-state index is 13.3. The number of Topliss-reactive ketones (excluding diaryl/α,β-unsaturated/α-hetero) is 2. The van der Waals surface area contributed by atoms with Crippen LogP contribution >= 0.6 is 0 Å². The van der Waals surface area contributed by atoms with E-state index >= 15 is 0 Å². The van der Waals surface area contributed by atoms with E-state index in [1.807, 2.05) is 6.92 Å². The number of hydrogen-bond acceptors (Lipinski definition) is 7. The Hall–Kier alpha value is -1.84. The molecule has 1 unspecified atom stereocenters. The van der Waals surface area contributed by atoms with E-state index in [1.54, 1.807) is 0 Å². The summed E-state index contributed by atoms with van der Waals surface area (Å²) in [5.41, 5.74) is -2.62. The second kappa shape index (κ2) is 10.5. The van der Waals surface area contributed by atoms with Crippen LogP contribution in [0.15, 0.2) is 0 Å². The van der Waals surface area contributed by atoms with Gasteiger partial charge in [-0.05, 0) is 105 Å². The zero-order chi connectivity index (χ0) is 29.1. The molecule has 0 aromatic rings. The minimum atomic E-state index is -1.35. The molecule has 4 fully saturated rings. The number of nitrogens with one attached hydrogen (secondary N) is 1. The van der Waals surface area contributed by atoms with Gasteiger partial charge in [0.25, 0.3) is 0 Å². The maximum absolute atomic E-state index is 13.3. The molecule has 220 valence electrons. The highest BCUT2D eigenvalue weighted by Crippen LogP contribution is 2.71. The lowest BCUT2D eigenvalue weighted by Gasteiger charge is -2.67. The van der Waals surface area contributed by atoms with Gasteiger partial charge >= 0.3 is 5.97 Å². The van der Waals surface area contributed by atoms with E-state index in [-0.39, 0.29) is 65.8 Å². The number of hydrogen-bond donors (Lipinski definition) is 5. The van der Waals surface area contributed by atoms with Crippen molar-refractivity contribution >= 4 is 23.4 Å². The molecule has 4 aliphatic rings. The van der Waals surface area contributed by atoms with Crippen molar-refractivity contribution in [1.29, 1.82) is 0 Å². The molecule has 0 aromatic carbocycles. The van der Waals surface area contributed by atoms with Crippen molar-refractivity contribution < 1.29 is 39.6 Å². The minimum absolute atomic E-state index is 0.00391. The number of fused-ring (bicyclic) bond motifs is 5. The lowest BCUT2D eigenvalue weighted by Crippen LogP contribution is -2.69. The van der Waals surface area contributed by atoms with Gasteiger partial charge in [0.05, 0.1) is 23.7 Å². The Labute approximate surface area is 231 Å². The second-order valence-corrected chi connectivity index (χ2v) is 13.7. The first-order valence-corrected chi connectivity index (χ1v) is 14.7. The van der Waals surface area contributed by atoms with Crippen molar-refractivity contribution in [2.24, 2.45) is 51.8 Å². The third-order valence-electron chi connectivity index (χ3n) is 12.3. The number of aliphatic carboxylic acids is 1. The van der Waals surface area contributed by atoms with E-state index in [0.717, 1.165) is 12.8 Å². The zero-order valence-electron chi connectivity index (χ0n) is 24.0. The first kappa shape index (κ1) is 30.1. The zero-order valence-corrected chi connectivity index (χ0v) is 24.0. The van der Waals surface area contributed by atoms with Crippen LogP contribution in [0.2, 0.25) is 0 Å². The Kier molecular flexibility index (Phi) is 8.13. The fourth-order valence-corrected chi connectivity index (χ4v) is 10.5. The molecule has 0 spiro atoms. The summed E-state index contributed by atoms with van der Waals surface area (Å²) in [6.45, 7) is 8.68. The van der Waals surface area contributed by atoms with E-state index in [1.165, 1.54) is 13.8 Å². The highest BCUT2D eigenvalue weighted by atomic mass is 16.4. The molecule has 4 rings (SSSR count). The molecule has 11 atom stereocenters. The average Bonchev–Trinajstić information content (AvgIpc) is 3.20. The molecular weight excluding hydrogens is 502 g/mol. The van der Waals surface area contributed by atoms with E-state index in [4.69, 9.17) is 5.11 Å². The van der Waals surface area contributed by atoms with Gasteiger partial charge in [-0.25, -0.2) is 0 Å². The van der Waals surface area contributed by atoms with Crippen LogP contribution in [-0.2, 0) is 19.2 Å². The third-order valence-corrected chi connectivity index (χ3v) is 12.3. The van der Waals surface area contributed by atoms with Gasteiger partial charge in [0.15, 0.2) is 0 Å². The van der Waals surface area contributed by atoms with Crippen LogP contribution in [-0.4, -0.2) is 68.7 Å². The number of carbonyl (C=O) groups is 4. The highest BCUT2D eigenvalue weighted by molar-refractivity contribution is 6.06. The van der Waals surface area contributed by atoms with E-state index < -0.39 is 47.1 Å². The summed E-state index contributed by atoms with van der Waals surface area (Å²) in [5.74, 6) is -2.28. The largest absolute Gasteiger partial charge is 0.480 e. The van der Waals surface area contributed by atoms with Crippen molar-refractivity contribution in [3.05, 3.63) is 0 Å². The van der Waals surface area contributed by atoms with Gasteiger partial charge in [-0.15, -0.1) is 0 Å². The predicted molar refractivity (Wildman–Crippen MR) is 142 cm³/mol. The van der Waals surface area contributed by atoms with Crippen LogP contribution in [0.3, 0.4) is 0 Å². The Balaban J connectivity index is 1.64. The number of carbonyl (C=O) groups excluding carboxylic acids is 3. The fourth-order valence-electron chi connectivity index (χ4n) is 10.5. The van der Waals surface area contributed by atoms with Gasteiger partial charge in [0.2, 0.25) is 5.91 Å². The topological polar surface area (TPSA) is 161 Å². The normalized spacial score (nSPS) is 43.4. The van der Waals surface area contributed by atoms with Crippen LogP contribution in [0.5, 0.6) is 0 Å². The molecule has 0 bridgehead atoms. The lowest BCUT2D eigenvalue weighted by molar-refractivity contribution is -0.239.